The fraction of sp³-hybridized carbons (Fsp3) is 0.188. The molecule has 0 bridgehead atoms. The van der Waals surface area contributed by atoms with Crippen LogP contribution >= 0.6 is 0 Å². The monoisotopic (exact) mass is 266 g/mol. The molecule has 0 fully saturated rings. The lowest BCUT2D eigenvalue weighted by molar-refractivity contribution is 0.0832. The topological polar surface area (TPSA) is 52.0 Å². The van der Waals surface area contributed by atoms with E-state index in [2.05, 4.69) is 11.6 Å². The van der Waals surface area contributed by atoms with Crippen LogP contribution in [0, 0.1) is 5.92 Å². The molecule has 0 amide bonds. The normalized spacial score (nSPS) is 14.6. The highest BCUT2D eigenvalue weighted by Crippen LogP contribution is 2.30. The quantitative estimate of drug-likeness (QED) is 0.799. The average Bonchev–Trinajstić information content (AvgIpc) is 3.07. The molecule has 3 rings (SSSR count). The summed E-state index contributed by atoms with van der Waals surface area (Å²) in [6.45, 7) is 3.96. The molecular formula is C16H14N2O2. The number of benzene rings is 1. The van der Waals surface area contributed by atoms with Crippen LogP contribution in [0.3, 0.4) is 0 Å². The lowest BCUT2D eigenvalue weighted by Gasteiger charge is -2.09. The molecule has 1 aliphatic carbocycles. The molecule has 1 aromatic heterocycles. The van der Waals surface area contributed by atoms with Gasteiger partial charge in [-0.05, 0) is 12.8 Å². The first kappa shape index (κ1) is 12.5. The Kier molecular flexibility index (Phi) is 3.06. The van der Waals surface area contributed by atoms with E-state index in [9.17, 15) is 9.59 Å². The van der Waals surface area contributed by atoms with Gasteiger partial charge in [-0.15, -0.1) is 0 Å². The summed E-state index contributed by atoms with van der Waals surface area (Å²) in [4.78, 5) is 28.4. The number of Topliss-reactive ketones (excluding diaryl/α,β-unsaturated/α-hetero) is 2. The highest BCUT2D eigenvalue weighted by atomic mass is 16.2. The van der Waals surface area contributed by atoms with E-state index in [-0.39, 0.29) is 11.6 Å². The van der Waals surface area contributed by atoms with Crippen molar-refractivity contribution in [1.82, 2.24) is 9.55 Å². The number of fused-ring (bicyclic) bond motifs is 1. The Balaban J connectivity index is 1.73. The van der Waals surface area contributed by atoms with Crippen LogP contribution in [0.2, 0.25) is 0 Å². The predicted octanol–water partition coefficient (Wildman–Crippen LogP) is 2.83. The van der Waals surface area contributed by atoms with Gasteiger partial charge < -0.3 is 4.57 Å². The van der Waals surface area contributed by atoms with Gasteiger partial charge in [0, 0.05) is 29.2 Å². The highest BCUT2D eigenvalue weighted by molar-refractivity contribution is 6.26. The number of imidazole rings is 1. The van der Waals surface area contributed by atoms with Gasteiger partial charge in [0.15, 0.2) is 11.6 Å². The molecule has 0 N–H and O–H groups in total. The smallest absolute Gasteiger partial charge is 0.174 e. The summed E-state index contributed by atoms with van der Waals surface area (Å²) in [6.07, 6.45) is 6.22. The van der Waals surface area contributed by atoms with Gasteiger partial charge in [0.2, 0.25) is 0 Å². The van der Waals surface area contributed by atoms with E-state index in [0.717, 1.165) is 5.70 Å². The summed E-state index contributed by atoms with van der Waals surface area (Å²) >= 11 is 0. The second kappa shape index (κ2) is 4.89. The fourth-order valence-electron chi connectivity index (χ4n) is 2.56. The minimum absolute atomic E-state index is 0.0657. The zero-order chi connectivity index (χ0) is 14.1. The summed E-state index contributed by atoms with van der Waals surface area (Å²) in [7, 11) is 0. The Morgan fingerprint density at radius 3 is 2.40 bits per heavy atom. The van der Waals surface area contributed by atoms with E-state index in [4.69, 9.17) is 0 Å². The Bertz CT molecular complexity index is 651. The van der Waals surface area contributed by atoms with Crippen LogP contribution in [0.1, 0.15) is 33.6 Å². The zero-order valence-corrected chi connectivity index (χ0v) is 11.0. The molecule has 1 aliphatic rings. The van der Waals surface area contributed by atoms with Gasteiger partial charge in [-0.1, -0.05) is 30.8 Å². The maximum atomic E-state index is 12.2. The van der Waals surface area contributed by atoms with Gasteiger partial charge >= 0.3 is 0 Å². The first-order chi connectivity index (χ1) is 9.68. The van der Waals surface area contributed by atoms with Crippen LogP contribution in [0.4, 0.5) is 0 Å². The number of aromatic nitrogens is 2. The second-order valence-electron chi connectivity index (χ2n) is 4.90. The summed E-state index contributed by atoms with van der Waals surface area (Å²) in [6, 6.07) is 7.02. The fourth-order valence-corrected chi connectivity index (χ4v) is 2.56. The molecule has 4 nitrogen and oxygen atoms in total. The molecule has 0 unspecified atom stereocenters. The third-order valence-electron chi connectivity index (χ3n) is 3.68. The van der Waals surface area contributed by atoms with Gasteiger partial charge in [0.05, 0.1) is 12.2 Å². The van der Waals surface area contributed by atoms with Gasteiger partial charge in [-0.2, -0.15) is 0 Å². The van der Waals surface area contributed by atoms with Crippen LogP contribution in [0.25, 0.3) is 5.70 Å². The van der Waals surface area contributed by atoms with Crippen molar-refractivity contribution in [2.45, 2.75) is 12.8 Å². The first-order valence-electron chi connectivity index (χ1n) is 6.52. The lowest BCUT2D eigenvalue weighted by atomic mass is 9.97. The van der Waals surface area contributed by atoms with Crippen LogP contribution in [-0.4, -0.2) is 21.1 Å². The Morgan fingerprint density at radius 1 is 1.20 bits per heavy atom. The van der Waals surface area contributed by atoms with Gasteiger partial charge in [-0.25, -0.2) is 4.98 Å². The highest BCUT2D eigenvalue weighted by Gasteiger charge is 2.37. The maximum Gasteiger partial charge on any atom is 0.174 e. The molecule has 0 saturated heterocycles. The Morgan fingerprint density at radius 2 is 1.85 bits per heavy atom. The molecule has 0 radical (unpaired) electrons. The summed E-state index contributed by atoms with van der Waals surface area (Å²) in [5, 5.41) is 0. The molecular weight excluding hydrogens is 252 g/mol. The Hall–Kier alpha value is -2.49. The SMILES string of the molecule is C=C(CCC1C(=O)c2ccccc2C1=O)n1ccnc1. The number of carbonyl (C=O) groups excluding carboxylic acids is 2. The number of allylic oxidation sites excluding steroid dienone is 1. The van der Waals surface area contributed by atoms with E-state index >= 15 is 0 Å². The van der Waals surface area contributed by atoms with Gasteiger partial charge in [0.1, 0.15) is 0 Å². The molecule has 0 spiro atoms. The van der Waals surface area contributed by atoms with E-state index in [1.807, 2.05) is 0 Å². The number of hydrogen-bond acceptors (Lipinski definition) is 3. The minimum atomic E-state index is -0.562. The third-order valence-corrected chi connectivity index (χ3v) is 3.68. The van der Waals surface area contributed by atoms with Crippen molar-refractivity contribution < 1.29 is 9.59 Å². The number of ketones is 2. The summed E-state index contributed by atoms with van der Waals surface area (Å²) < 4.78 is 1.80. The van der Waals surface area contributed by atoms with Crippen LogP contribution < -0.4 is 0 Å². The zero-order valence-electron chi connectivity index (χ0n) is 11.0. The first-order valence-corrected chi connectivity index (χ1v) is 6.52. The molecule has 1 aromatic carbocycles. The molecule has 0 atom stereocenters. The Labute approximate surface area is 116 Å². The van der Waals surface area contributed by atoms with Gasteiger partial charge in [0.25, 0.3) is 0 Å². The predicted molar refractivity (Wildman–Crippen MR) is 75.4 cm³/mol. The van der Waals surface area contributed by atoms with Crippen molar-refractivity contribution in [3.05, 3.63) is 60.7 Å². The number of hydrogen-bond donors (Lipinski definition) is 0. The third kappa shape index (κ3) is 1.99. The standard InChI is InChI=1S/C16H14N2O2/c1-11(18-9-8-17-10-18)6-7-14-15(19)12-4-2-3-5-13(12)16(14)20/h2-5,8-10,14H,1,6-7H2. The number of nitrogens with zero attached hydrogens (tertiary/aromatic N) is 2. The average molecular weight is 266 g/mol. The van der Waals surface area contributed by atoms with Gasteiger partial charge in [-0.3, -0.25) is 9.59 Å². The van der Waals surface area contributed by atoms with Crippen molar-refractivity contribution >= 4 is 17.3 Å². The summed E-state index contributed by atoms with van der Waals surface area (Å²) in [5.74, 6) is -0.694. The van der Waals surface area contributed by atoms with Crippen molar-refractivity contribution in [3.8, 4) is 0 Å². The van der Waals surface area contributed by atoms with Crippen molar-refractivity contribution in [2.24, 2.45) is 5.92 Å². The molecule has 1 heterocycles. The van der Waals surface area contributed by atoms with Crippen molar-refractivity contribution in [2.75, 3.05) is 0 Å². The van der Waals surface area contributed by atoms with Crippen LogP contribution in [0.5, 0.6) is 0 Å². The minimum Gasteiger partial charge on any atom is -0.311 e. The lowest BCUT2D eigenvalue weighted by Crippen LogP contribution is -2.15. The van der Waals surface area contributed by atoms with E-state index in [0.29, 0.717) is 24.0 Å². The maximum absolute atomic E-state index is 12.2. The van der Waals surface area contributed by atoms with Crippen molar-refractivity contribution in [3.63, 3.8) is 0 Å². The second-order valence-corrected chi connectivity index (χ2v) is 4.90. The molecule has 2 aromatic rings. The van der Waals surface area contributed by atoms with Crippen LogP contribution in [0.15, 0.2) is 49.6 Å². The van der Waals surface area contributed by atoms with E-state index in [1.54, 1.807) is 47.6 Å². The molecule has 100 valence electrons. The number of rotatable bonds is 4. The van der Waals surface area contributed by atoms with E-state index in [1.165, 1.54) is 0 Å². The number of carbonyl (C=O) groups is 2. The largest absolute Gasteiger partial charge is 0.311 e. The van der Waals surface area contributed by atoms with E-state index < -0.39 is 5.92 Å². The molecule has 20 heavy (non-hydrogen) atoms. The van der Waals surface area contributed by atoms with Crippen LogP contribution in [-0.2, 0) is 0 Å². The molecule has 0 saturated carbocycles. The molecule has 0 aliphatic heterocycles. The summed E-state index contributed by atoms with van der Waals surface area (Å²) in [5.41, 5.74) is 1.94. The van der Waals surface area contributed by atoms with Crippen molar-refractivity contribution in [1.29, 1.82) is 0 Å². The molecule has 4 heteroatoms.